The fourth-order valence-corrected chi connectivity index (χ4v) is 2.13. The number of nitrogens with one attached hydrogen (secondary N) is 2. The van der Waals surface area contributed by atoms with Gasteiger partial charge in [0.15, 0.2) is 0 Å². The monoisotopic (exact) mass is 249 g/mol. The Morgan fingerprint density at radius 3 is 2.78 bits per heavy atom. The number of nitrogens with zero attached hydrogens (tertiary/aromatic N) is 1. The molecule has 98 valence electrons. The highest BCUT2D eigenvalue weighted by molar-refractivity contribution is 5.82. The Hall–Kier alpha value is -1.75. The molecule has 0 bridgehead atoms. The number of benzene rings is 1. The predicted octanol–water partition coefficient (Wildman–Crippen LogP) is 0.219. The van der Waals surface area contributed by atoms with Gasteiger partial charge in [0.2, 0.25) is 5.91 Å². The normalized spacial score (nSPS) is 19.4. The van der Waals surface area contributed by atoms with Gasteiger partial charge in [-0.3, -0.25) is 4.79 Å². The van der Waals surface area contributed by atoms with Crippen LogP contribution in [0.1, 0.15) is 0 Å². The van der Waals surface area contributed by atoms with Gasteiger partial charge in [-0.1, -0.05) is 0 Å². The minimum Gasteiger partial charge on any atom is -0.497 e. The smallest absolute Gasteiger partial charge is 0.238 e. The van der Waals surface area contributed by atoms with Crippen LogP contribution >= 0.6 is 0 Å². The lowest BCUT2D eigenvalue weighted by molar-refractivity contribution is -0.122. The average Bonchev–Trinajstić information content (AvgIpc) is 2.46. The maximum absolute atomic E-state index is 11.6. The third-order valence-electron chi connectivity index (χ3n) is 3.18. The van der Waals surface area contributed by atoms with Crippen molar-refractivity contribution in [1.29, 1.82) is 0 Å². The molecule has 1 atom stereocenters. The Morgan fingerprint density at radius 2 is 2.17 bits per heavy atom. The number of carbonyl (C=O) groups is 1. The highest BCUT2D eigenvalue weighted by atomic mass is 16.5. The molecule has 1 aliphatic rings. The largest absolute Gasteiger partial charge is 0.497 e. The molecule has 5 nitrogen and oxygen atoms in total. The van der Waals surface area contributed by atoms with E-state index in [1.54, 1.807) is 14.2 Å². The van der Waals surface area contributed by atoms with E-state index < -0.39 is 0 Å². The van der Waals surface area contributed by atoms with Crippen LogP contribution in [-0.4, -0.2) is 45.7 Å². The molecule has 5 heteroatoms. The molecule has 0 aromatic heterocycles. The van der Waals surface area contributed by atoms with Crippen molar-refractivity contribution in [2.75, 3.05) is 38.7 Å². The number of methoxy groups -OCH3 is 1. The molecule has 1 heterocycles. The molecule has 1 unspecified atom stereocenters. The van der Waals surface area contributed by atoms with E-state index in [1.165, 1.54) is 0 Å². The van der Waals surface area contributed by atoms with E-state index in [-0.39, 0.29) is 11.9 Å². The maximum atomic E-state index is 11.6. The summed E-state index contributed by atoms with van der Waals surface area (Å²) < 4.78 is 5.14. The van der Waals surface area contributed by atoms with Crippen LogP contribution in [0.2, 0.25) is 0 Å². The van der Waals surface area contributed by atoms with Crippen molar-refractivity contribution >= 4 is 11.6 Å². The molecule has 1 saturated heterocycles. The van der Waals surface area contributed by atoms with E-state index in [0.29, 0.717) is 6.54 Å². The van der Waals surface area contributed by atoms with E-state index in [9.17, 15) is 4.79 Å². The summed E-state index contributed by atoms with van der Waals surface area (Å²) in [5, 5.41) is 5.89. The van der Waals surface area contributed by atoms with E-state index >= 15 is 0 Å². The van der Waals surface area contributed by atoms with E-state index in [1.807, 2.05) is 24.3 Å². The summed E-state index contributed by atoms with van der Waals surface area (Å²) in [6.45, 7) is 2.40. The zero-order valence-corrected chi connectivity index (χ0v) is 10.8. The Morgan fingerprint density at radius 1 is 1.44 bits per heavy atom. The van der Waals surface area contributed by atoms with Crippen LogP contribution in [-0.2, 0) is 4.79 Å². The Labute approximate surface area is 107 Å². The Kier molecular flexibility index (Phi) is 4.04. The van der Waals surface area contributed by atoms with Crippen molar-refractivity contribution in [3.05, 3.63) is 24.3 Å². The molecular formula is C13H19N3O2. The van der Waals surface area contributed by atoms with Crippen molar-refractivity contribution < 1.29 is 9.53 Å². The number of anilines is 1. The molecule has 0 radical (unpaired) electrons. The Bertz CT molecular complexity index is 405. The second-order valence-electron chi connectivity index (χ2n) is 4.27. The quantitative estimate of drug-likeness (QED) is 0.804. The number of piperazine rings is 1. The lowest BCUT2D eigenvalue weighted by atomic mass is 10.1. The fourth-order valence-electron chi connectivity index (χ4n) is 2.13. The number of likely N-dealkylation sites (N-methyl/N-ethyl adjacent to an activating group) is 1. The van der Waals surface area contributed by atoms with Crippen molar-refractivity contribution in [2.24, 2.45) is 0 Å². The highest BCUT2D eigenvalue weighted by Crippen LogP contribution is 2.20. The molecule has 1 amide bonds. The number of hydrogen-bond acceptors (Lipinski definition) is 4. The van der Waals surface area contributed by atoms with Gasteiger partial charge in [0, 0.05) is 32.4 Å². The van der Waals surface area contributed by atoms with Crippen molar-refractivity contribution in [3.63, 3.8) is 0 Å². The lowest BCUT2D eigenvalue weighted by Crippen LogP contribution is -2.56. The minimum absolute atomic E-state index is 0.0354. The summed E-state index contributed by atoms with van der Waals surface area (Å²) in [6.07, 6.45) is 0. The van der Waals surface area contributed by atoms with Gasteiger partial charge in [0.05, 0.1) is 7.11 Å². The van der Waals surface area contributed by atoms with Crippen molar-refractivity contribution in [1.82, 2.24) is 10.6 Å². The minimum atomic E-state index is -0.147. The van der Waals surface area contributed by atoms with Crippen LogP contribution in [0.3, 0.4) is 0 Å². The summed E-state index contributed by atoms with van der Waals surface area (Å²) in [7, 11) is 3.32. The average molecular weight is 249 g/mol. The third-order valence-corrected chi connectivity index (χ3v) is 3.18. The van der Waals surface area contributed by atoms with Crippen LogP contribution in [0.25, 0.3) is 0 Å². The Balaban J connectivity index is 2.05. The van der Waals surface area contributed by atoms with Gasteiger partial charge in [-0.2, -0.15) is 0 Å². The highest BCUT2D eigenvalue weighted by Gasteiger charge is 2.24. The molecular weight excluding hydrogens is 230 g/mol. The van der Waals surface area contributed by atoms with Gasteiger partial charge in [0.25, 0.3) is 0 Å². The number of carbonyl (C=O) groups excluding carboxylic acids is 1. The first-order valence-corrected chi connectivity index (χ1v) is 6.08. The van der Waals surface area contributed by atoms with Crippen LogP contribution in [0.15, 0.2) is 24.3 Å². The first-order valence-electron chi connectivity index (χ1n) is 6.08. The first-order chi connectivity index (χ1) is 8.74. The molecule has 0 spiro atoms. The molecule has 18 heavy (non-hydrogen) atoms. The standard InChI is InChI=1S/C13H19N3O2/c1-14-13(17)12-9-16(8-7-15-12)10-3-5-11(18-2)6-4-10/h3-6,12,15H,7-9H2,1-2H3,(H,14,17). The van der Waals surface area contributed by atoms with Crippen LogP contribution in [0.4, 0.5) is 5.69 Å². The maximum Gasteiger partial charge on any atom is 0.238 e. The number of hydrogen-bond donors (Lipinski definition) is 2. The summed E-state index contributed by atoms with van der Waals surface area (Å²) >= 11 is 0. The van der Waals surface area contributed by atoms with Crippen molar-refractivity contribution in [3.8, 4) is 5.75 Å². The summed E-state index contributed by atoms with van der Waals surface area (Å²) in [5.74, 6) is 0.880. The van der Waals surface area contributed by atoms with Gasteiger partial charge in [0.1, 0.15) is 11.8 Å². The molecule has 2 rings (SSSR count). The number of rotatable bonds is 3. The third kappa shape index (κ3) is 2.73. The SMILES string of the molecule is CNC(=O)C1CN(c2ccc(OC)cc2)CCN1. The molecule has 2 N–H and O–H groups in total. The molecule has 1 aromatic carbocycles. The van der Waals surface area contributed by atoms with Crippen LogP contribution in [0.5, 0.6) is 5.75 Å². The zero-order chi connectivity index (χ0) is 13.0. The molecule has 1 aliphatic heterocycles. The molecule has 0 aliphatic carbocycles. The fraction of sp³-hybridized carbons (Fsp3) is 0.462. The first kappa shape index (κ1) is 12.7. The van der Waals surface area contributed by atoms with Gasteiger partial charge < -0.3 is 20.3 Å². The van der Waals surface area contributed by atoms with Gasteiger partial charge in [-0.05, 0) is 24.3 Å². The number of amides is 1. The molecule has 0 saturated carbocycles. The van der Waals surface area contributed by atoms with Crippen molar-refractivity contribution in [2.45, 2.75) is 6.04 Å². The zero-order valence-electron chi connectivity index (χ0n) is 10.8. The van der Waals surface area contributed by atoms with Crippen LogP contribution in [0, 0.1) is 0 Å². The summed E-state index contributed by atoms with van der Waals surface area (Å²) in [4.78, 5) is 13.8. The second kappa shape index (κ2) is 5.73. The van der Waals surface area contributed by atoms with Gasteiger partial charge in [-0.25, -0.2) is 0 Å². The van der Waals surface area contributed by atoms with Gasteiger partial charge in [-0.15, -0.1) is 0 Å². The predicted molar refractivity (Wildman–Crippen MR) is 71.1 cm³/mol. The summed E-state index contributed by atoms with van der Waals surface area (Å²) in [5.41, 5.74) is 1.12. The second-order valence-corrected chi connectivity index (χ2v) is 4.27. The van der Waals surface area contributed by atoms with E-state index in [2.05, 4.69) is 15.5 Å². The summed E-state index contributed by atoms with van der Waals surface area (Å²) in [6, 6.07) is 7.76. The lowest BCUT2D eigenvalue weighted by Gasteiger charge is -2.34. The van der Waals surface area contributed by atoms with E-state index in [0.717, 1.165) is 24.5 Å². The molecule has 1 fully saturated rings. The number of ether oxygens (including phenoxy) is 1. The molecule has 1 aromatic rings. The van der Waals surface area contributed by atoms with Crippen LogP contribution < -0.4 is 20.3 Å². The van der Waals surface area contributed by atoms with Gasteiger partial charge >= 0.3 is 0 Å². The van der Waals surface area contributed by atoms with E-state index in [4.69, 9.17) is 4.74 Å². The topological polar surface area (TPSA) is 53.6 Å².